The average molecular weight is 451 g/mol. The molecule has 1 aliphatic heterocycles. The zero-order valence-corrected chi connectivity index (χ0v) is 20.8. The first-order valence-corrected chi connectivity index (χ1v) is 13.8. The van der Waals surface area contributed by atoms with E-state index in [-0.39, 0.29) is 6.29 Å². The molecule has 4 aliphatic rings. The number of nitrogens with one attached hydrogen (secondary N) is 3. The number of nitrogens with zero attached hydrogens (tertiary/aromatic N) is 1. The predicted octanol–water partition coefficient (Wildman–Crippen LogP) is 3.32. The highest BCUT2D eigenvalue weighted by atomic mass is 16.5. The topological polar surface area (TPSA) is 57.8 Å². The molecule has 6 heteroatoms. The summed E-state index contributed by atoms with van der Waals surface area (Å²) in [6.45, 7) is 9.12. The van der Waals surface area contributed by atoms with Crippen LogP contribution < -0.4 is 16.0 Å². The maximum absolute atomic E-state index is 6.29. The normalized spacial score (nSPS) is 36.5. The Labute approximate surface area is 196 Å². The highest BCUT2D eigenvalue weighted by molar-refractivity contribution is 4.87. The van der Waals surface area contributed by atoms with Gasteiger partial charge in [-0.15, -0.1) is 0 Å². The van der Waals surface area contributed by atoms with Crippen LogP contribution in [0, 0.1) is 17.8 Å². The van der Waals surface area contributed by atoms with E-state index in [1.165, 1.54) is 83.7 Å². The van der Waals surface area contributed by atoms with Crippen molar-refractivity contribution >= 4 is 0 Å². The van der Waals surface area contributed by atoms with E-state index in [9.17, 15) is 0 Å². The molecule has 186 valence electrons. The van der Waals surface area contributed by atoms with Crippen LogP contribution in [0.3, 0.4) is 0 Å². The molecular weight excluding hydrogens is 400 g/mol. The van der Waals surface area contributed by atoms with Gasteiger partial charge in [-0.25, -0.2) is 0 Å². The molecule has 0 bridgehead atoms. The molecule has 0 atom stereocenters. The Morgan fingerprint density at radius 2 is 1.50 bits per heavy atom. The molecule has 32 heavy (non-hydrogen) atoms. The van der Waals surface area contributed by atoms with E-state index in [4.69, 9.17) is 9.47 Å². The number of ether oxygens (including phenoxy) is 2. The molecule has 3 saturated carbocycles. The first-order chi connectivity index (χ1) is 15.7. The molecule has 0 aromatic heterocycles. The lowest BCUT2D eigenvalue weighted by atomic mass is 9.78. The van der Waals surface area contributed by atoms with Crippen LogP contribution in [0.4, 0.5) is 0 Å². The van der Waals surface area contributed by atoms with Crippen molar-refractivity contribution in [2.45, 2.75) is 102 Å². The summed E-state index contributed by atoms with van der Waals surface area (Å²) in [4.78, 5) is 2.63. The van der Waals surface area contributed by atoms with Crippen LogP contribution in [0.5, 0.6) is 0 Å². The van der Waals surface area contributed by atoms with Gasteiger partial charge in [-0.1, -0.05) is 6.92 Å². The minimum Gasteiger partial charge on any atom is -0.381 e. The van der Waals surface area contributed by atoms with Crippen molar-refractivity contribution in [3.05, 3.63) is 0 Å². The van der Waals surface area contributed by atoms with Crippen LogP contribution in [-0.4, -0.2) is 75.9 Å². The van der Waals surface area contributed by atoms with Gasteiger partial charge in [0.15, 0.2) is 0 Å². The Kier molecular flexibility index (Phi) is 10.1. The first-order valence-electron chi connectivity index (χ1n) is 13.8. The second-order valence-electron chi connectivity index (χ2n) is 11.0. The summed E-state index contributed by atoms with van der Waals surface area (Å²) in [7, 11) is 1.86. The third-order valence-corrected chi connectivity index (χ3v) is 8.48. The Morgan fingerprint density at radius 1 is 0.812 bits per heavy atom. The number of hydrogen-bond acceptors (Lipinski definition) is 6. The standard InChI is InChI=1S/C26H50N4O2/c1-3-14-30(19-20-4-5-20)15-16-32-25-12-8-23(9-13-25)29-26-27-17-22(18-28-26)21-6-10-24(31-2)11-7-21/h20-29H,3-19H2,1-2H3. The maximum atomic E-state index is 6.29. The van der Waals surface area contributed by atoms with Crippen LogP contribution in [-0.2, 0) is 9.47 Å². The van der Waals surface area contributed by atoms with E-state index >= 15 is 0 Å². The van der Waals surface area contributed by atoms with Gasteiger partial charge < -0.3 is 14.4 Å². The molecule has 0 amide bonds. The molecule has 0 unspecified atom stereocenters. The molecule has 0 radical (unpaired) electrons. The summed E-state index contributed by atoms with van der Waals surface area (Å²) in [5.41, 5.74) is 0. The van der Waals surface area contributed by atoms with Gasteiger partial charge in [0.25, 0.3) is 0 Å². The number of methoxy groups -OCH3 is 1. The monoisotopic (exact) mass is 450 g/mol. The summed E-state index contributed by atoms with van der Waals surface area (Å²) in [5.74, 6) is 2.60. The summed E-state index contributed by atoms with van der Waals surface area (Å²) in [5, 5.41) is 11.3. The smallest absolute Gasteiger partial charge is 0.112 e. The maximum Gasteiger partial charge on any atom is 0.112 e. The van der Waals surface area contributed by atoms with Gasteiger partial charge in [-0.05, 0) is 94.9 Å². The van der Waals surface area contributed by atoms with Crippen LogP contribution >= 0.6 is 0 Å². The minimum absolute atomic E-state index is 0.272. The lowest BCUT2D eigenvalue weighted by Gasteiger charge is -2.40. The van der Waals surface area contributed by atoms with Gasteiger partial charge in [0.05, 0.1) is 18.8 Å². The van der Waals surface area contributed by atoms with E-state index in [0.29, 0.717) is 18.2 Å². The summed E-state index contributed by atoms with van der Waals surface area (Å²) < 4.78 is 11.8. The van der Waals surface area contributed by atoms with Gasteiger partial charge in [0.2, 0.25) is 0 Å². The lowest BCUT2D eigenvalue weighted by molar-refractivity contribution is 0.00823. The Morgan fingerprint density at radius 3 is 2.12 bits per heavy atom. The van der Waals surface area contributed by atoms with E-state index in [2.05, 4.69) is 27.8 Å². The van der Waals surface area contributed by atoms with Gasteiger partial charge in [-0.2, -0.15) is 0 Å². The molecule has 0 aromatic rings. The molecule has 0 aromatic carbocycles. The molecule has 3 aliphatic carbocycles. The summed E-state index contributed by atoms with van der Waals surface area (Å²) >= 11 is 0. The largest absolute Gasteiger partial charge is 0.381 e. The molecule has 1 saturated heterocycles. The van der Waals surface area contributed by atoms with E-state index in [1.807, 2.05) is 7.11 Å². The van der Waals surface area contributed by atoms with Crippen molar-refractivity contribution in [1.82, 2.24) is 20.9 Å². The van der Waals surface area contributed by atoms with Crippen molar-refractivity contribution in [3.8, 4) is 0 Å². The van der Waals surface area contributed by atoms with Crippen molar-refractivity contribution in [3.63, 3.8) is 0 Å². The average Bonchev–Trinajstić information content (AvgIpc) is 3.65. The Bertz CT molecular complexity index is 508. The Hall–Kier alpha value is -0.240. The zero-order chi connectivity index (χ0) is 22.2. The molecule has 4 rings (SSSR count). The molecule has 6 nitrogen and oxygen atoms in total. The fourth-order valence-corrected chi connectivity index (χ4v) is 6.19. The number of hydrogen-bond donors (Lipinski definition) is 3. The van der Waals surface area contributed by atoms with Crippen molar-refractivity contribution < 1.29 is 9.47 Å². The third-order valence-electron chi connectivity index (χ3n) is 8.48. The van der Waals surface area contributed by atoms with Crippen molar-refractivity contribution in [2.24, 2.45) is 17.8 Å². The van der Waals surface area contributed by atoms with Gasteiger partial charge in [-0.3, -0.25) is 16.0 Å². The predicted molar refractivity (Wildman–Crippen MR) is 131 cm³/mol. The third kappa shape index (κ3) is 7.92. The molecule has 3 N–H and O–H groups in total. The van der Waals surface area contributed by atoms with Gasteiger partial charge in [0.1, 0.15) is 6.29 Å². The van der Waals surface area contributed by atoms with E-state index < -0.39 is 0 Å². The number of rotatable bonds is 12. The quantitative estimate of drug-likeness (QED) is 0.424. The fraction of sp³-hybridized carbons (Fsp3) is 1.00. The second kappa shape index (κ2) is 13.0. The van der Waals surface area contributed by atoms with Crippen molar-refractivity contribution in [1.29, 1.82) is 0 Å². The van der Waals surface area contributed by atoms with Crippen LogP contribution in [0.25, 0.3) is 0 Å². The highest BCUT2D eigenvalue weighted by Crippen LogP contribution is 2.32. The second-order valence-corrected chi connectivity index (χ2v) is 11.0. The van der Waals surface area contributed by atoms with Gasteiger partial charge in [0, 0.05) is 39.3 Å². The highest BCUT2D eigenvalue weighted by Gasteiger charge is 2.32. The van der Waals surface area contributed by atoms with E-state index in [0.717, 1.165) is 44.0 Å². The Balaban J connectivity index is 1.06. The molecule has 4 fully saturated rings. The molecular formula is C26H50N4O2. The van der Waals surface area contributed by atoms with Crippen molar-refractivity contribution in [2.75, 3.05) is 46.4 Å². The van der Waals surface area contributed by atoms with Gasteiger partial charge >= 0.3 is 0 Å². The van der Waals surface area contributed by atoms with E-state index in [1.54, 1.807) is 0 Å². The summed E-state index contributed by atoms with van der Waals surface area (Å²) in [6.07, 6.45) is 15.4. The molecule has 0 spiro atoms. The molecule has 1 heterocycles. The zero-order valence-electron chi connectivity index (χ0n) is 20.8. The van der Waals surface area contributed by atoms with Crippen LogP contribution in [0.1, 0.15) is 77.6 Å². The first kappa shape index (κ1) is 24.9. The lowest BCUT2D eigenvalue weighted by Crippen LogP contribution is -2.63. The fourth-order valence-electron chi connectivity index (χ4n) is 6.19. The SMILES string of the molecule is CCCN(CCOC1CCC(NC2NCC(C3CCC(OC)CC3)CN2)CC1)CC1CC1. The minimum atomic E-state index is 0.272. The van der Waals surface area contributed by atoms with Crippen LogP contribution in [0.15, 0.2) is 0 Å². The van der Waals surface area contributed by atoms with Crippen LogP contribution in [0.2, 0.25) is 0 Å². The summed E-state index contributed by atoms with van der Waals surface area (Å²) in [6, 6.07) is 0.611.